The van der Waals surface area contributed by atoms with Crippen molar-refractivity contribution in [1.82, 2.24) is 9.97 Å². The van der Waals surface area contributed by atoms with Gasteiger partial charge in [-0.3, -0.25) is 0 Å². The second-order valence-electron chi connectivity index (χ2n) is 4.91. The van der Waals surface area contributed by atoms with E-state index in [9.17, 15) is 13.2 Å². The van der Waals surface area contributed by atoms with E-state index in [0.29, 0.717) is 12.5 Å². The Morgan fingerprint density at radius 1 is 1.26 bits per heavy atom. The largest absolute Gasteiger partial charge is 0.451 e. The predicted octanol–water partition coefficient (Wildman–Crippen LogP) is 3.14. The molecule has 2 N–H and O–H groups in total. The van der Waals surface area contributed by atoms with Crippen LogP contribution in [-0.4, -0.2) is 22.6 Å². The molecule has 0 saturated heterocycles. The molecule has 1 fully saturated rings. The molecule has 1 heterocycles. The van der Waals surface area contributed by atoms with Crippen molar-refractivity contribution in [3.05, 3.63) is 11.9 Å². The molecule has 7 heteroatoms. The van der Waals surface area contributed by atoms with Crippen LogP contribution in [-0.2, 0) is 6.18 Å². The number of hydrogen-bond donors (Lipinski definition) is 2. The van der Waals surface area contributed by atoms with Crippen LogP contribution in [0.1, 0.15) is 32.5 Å². The quantitative estimate of drug-likeness (QED) is 0.885. The van der Waals surface area contributed by atoms with Crippen LogP contribution in [0.4, 0.5) is 24.8 Å². The van der Waals surface area contributed by atoms with Crippen LogP contribution in [0.25, 0.3) is 0 Å². The summed E-state index contributed by atoms with van der Waals surface area (Å²) < 4.78 is 38.1. The van der Waals surface area contributed by atoms with Gasteiger partial charge in [-0.1, -0.05) is 6.92 Å². The fourth-order valence-electron chi connectivity index (χ4n) is 2.15. The van der Waals surface area contributed by atoms with Gasteiger partial charge in [-0.15, -0.1) is 0 Å². The molecule has 0 radical (unpaired) electrons. The molecule has 0 unspecified atom stereocenters. The first-order valence-electron chi connectivity index (χ1n) is 6.35. The minimum absolute atomic E-state index is 0.194. The topological polar surface area (TPSA) is 49.8 Å². The van der Waals surface area contributed by atoms with E-state index in [-0.39, 0.29) is 17.7 Å². The summed E-state index contributed by atoms with van der Waals surface area (Å²) in [6, 6.07) is 1.72. The molecule has 0 spiro atoms. The second kappa shape index (κ2) is 5.22. The minimum Gasteiger partial charge on any atom is -0.370 e. The summed E-state index contributed by atoms with van der Waals surface area (Å²) in [5.41, 5.74) is 0. The van der Waals surface area contributed by atoms with Crippen LogP contribution in [0.3, 0.4) is 0 Å². The lowest BCUT2D eigenvalue weighted by Gasteiger charge is -2.33. The number of alkyl halides is 3. The molecule has 0 aromatic carbocycles. The monoisotopic (exact) mass is 274 g/mol. The third kappa shape index (κ3) is 3.48. The van der Waals surface area contributed by atoms with Crippen molar-refractivity contribution in [3.63, 3.8) is 0 Å². The van der Waals surface area contributed by atoms with Gasteiger partial charge in [0.2, 0.25) is 5.82 Å². The Labute approximate surface area is 109 Å². The van der Waals surface area contributed by atoms with Gasteiger partial charge in [0, 0.05) is 18.7 Å². The van der Waals surface area contributed by atoms with Crippen LogP contribution in [0.15, 0.2) is 6.07 Å². The van der Waals surface area contributed by atoms with Crippen molar-refractivity contribution in [1.29, 1.82) is 0 Å². The summed E-state index contributed by atoms with van der Waals surface area (Å²) in [6.45, 7) is 4.42. The minimum atomic E-state index is -4.53. The Morgan fingerprint density at radius 3 is 2.42 bits per heavy atom. The maximum absolute atomic E-state index is 12.7. The zero-order valence-corrected chi connectivity index (χ0v) is 10.9. The van der Waals surface area contributed by atoms with Crippen molar-refractivity contribution < 1.29 is 13.2 Å². The van der Waals surface area contributed by atoms with Crippen molar-refractivity contribution in [2.24, 2.45) is 5.92 Å². The normalized spacial score (nSPS) is 22.8. The van der Waals surface area contributed by atoms with Gasteiger partial charge in [-0.25, -0.2) is 9.97 Å². The lowest BCUT2D eigenvalue weighted by molar-refractivity contribution is -0.144. The first-order valence-corrected chi connectivity index (χ1v) is 6.35. The Bertz CT molecular complexity index is 441. The Morgan fingerprint density at radius 2 is 1.89 bits per heavy atom. The van der Waals surface area contributed by atoms with Gasteiger partial charge in [0.25, 0.3) is 0 Å². The Kier molecular flexibility index (Phi) is 3.82. The average Bonchev–Trinajstić information content (AvgIpc) is 2.26. The number of nitrogens with zero attached hydrogens (tertiary/aromatic N) is 2. The van der Waals surface area contributed by atoms with E-state index >= 15 is 0 Å². The number of rotatable bonds is 4. The van der Waals surface area contributed by atoms with Crippen LogP contribution in [0, 0.1) is 5.92 Å². The molecule has 1 aliphatic rings. The molecule has 4 nitrogen and oxygen atoms in total. The second-order valence-corrected chi connectivity index (χ2v) is 4.91. The van der Waals surface area contributed by atoms with Crippen molar-refractivity contribution in [2.75, 3.05) is 17.2 Å². The Hall–Kier alpha value is -1.53. The summed E-state index contributed by atoms with van der Waals surface area (Å²) in [6.07, 6.45) is -2.61. The van der Waals surface area contributed by atoms with E-state index in [0.717, 1.165) is 12.8 Å². The maximum atomic E-state index is 12.7. The van der Waals surface area contributed by atoms with E-state index in [2.05, 4.69) is 27.5 Å². The highest BCUT2D eigenvalue weighted by Crippen LogP contribution is 2.31. The highest BCUT2D eigenvalue weighted by Gasteiger charge is 2.36. The van der Waals surface area contributed by atoms with E-state index < -0.39 is 12.0 Å². The van der Waals surface area contributed by atoms with E-state index in [1.54, 1.807) is 6.92 Å². The van der Waals surface area contributed by atoms with E-state index in [1.165, 1.54) is 6.07 Å². The molecular weight excluding hydrogens is 257 g/mol. The first kappa shape index (κ1) is 13.9. The molecule has 1 aromatic heterocycles. The van der Waals surface area contributed by atoms with E-state index in [4.69, 9.17) is 0 Å². The summed E-state index contributed by atoms with van der Waals surface area (Å²) >= 11 is 0. The standard InChI is InChI=1S/C12H17F3N4/c1-3-16-9-6-10(17-8-4-7(2)5-8)19-11(18-9)12(13,14)15/h6-8H,3-5H2,1-2H3,(H2,16,17,18,19). The number of nitrogens with one attached hydrogen (secondary N) is 2. The maximum Gasteiger partial charge on any atom is 0.451 e. The highest BCUT2D eigenvalue weighted by atomic mass is 19.4. The van der Waals surface area contributed by atoms with Gasteiger partial charge < -0.3 is 10.6 Å². The molecule has 0 bridgehead atoms. The molecule has 1 saturated carbocycles. The molecule has 0 aliphatic heterocycles. The first-order chi connectivity index (χ1) is 8.88. The summed E-state index contributed by atoms with van der Waals surface area (Å²) in [7, 11) is 0. The summed E-state index contributed by atoms with van der Waals surface area (Å²) in [5.74, 6) is -0.0645. The van der Waals surface area contributed by atoms with Crippen molar-refractivity contribution in [3.8, 4) is 0 Å². The van der Waals surface area contributed by atoms with E-state index in [1.807, 2.05) is 0 Å². The Balaban J connectivity index is 2.19. The van der Waals surface area contributed by atoms with Crippen LogP contribution >= 0.6 is 0 Å². The van der Waals surface area contributed by atoms with Gasteiger partial charge in [-0.2, -0.15) is 13.2 Å². The highest BCUT2D eigenvalue weighted by molar-refractivity contribution is 5.48. The molecule has 0 atom stereocenters. The smallest absolute Gasteiger partial charge is 0.370 e. The molecule has 0 amide bonds. The molecule has 19 heavy (non-hydrogen) atoms. The van der Waals surface area contributed by atoms with Gasteiger partial charge >= 0.3 is 6.18 Å². The van der Waals surface area contributed by atoms with Gasteiger partial charge in [0.15, 0.2) is 0 Å². The number of halogens is 3. The molecular formula is C12H17F3N4. The summed E-state index contributed by atoms with van der Waals surface area (Å²) in [4.78, 5) is 7.02. The average molecular weight is 274 g/mol. The van der Waals surface area contributed by atoms with Crippen LogP contribution < -0.4 is 10.6 Å². The molecule has 2 rings (SSSR count). The number of hydrogen-bond acceptors (Lipinski definition) is 4. The van der Waals surface area contributed by atoms with Crippen molar-refractivity contribution in [2.45, 2.75) is 38.9 Å². The van der Waals surface area contributed by atoms with Gasteiger partial charge in [0.05, 0.1) is 0 Å². The molecule has 1 aromatic rings. The number of anilines is 2. The lowest BCUT2D eigenvalue weighted by atomic mass is 9.82. The fraction of sp³-hybridized carbons (Fsp3) is 0.667. The van der Waals surface area contributed by atoms with Gasteiger partial charge in [0.1, 0.15) is 11.6 Å². The number of aromatic nitrogens is 2. The lowest BCUT2D eigenvalue weighted by Crippen LogP contribution is -2.34. The molecule has 1 aliphatic carbocycles. The molecule has 106 valence electrons. The summed E-state index contributed by atoms with van der Waals surface area (Å²) in [5, 5.41) is 5.82. The SMILES string of the molecule is CCNc1cc(NC2CC(C)C2)nc(C(F)(F)F)n1. The fourth-order valence-corrected chi connectivity index (χ4v) is 2.15. The van der Waals surface area contributed by atoms with Gasteiger partial charge in [-0.05, 0) is 25.7 Å². The predicted molar refractivity (Wildman–Crippen MR) is 67.0 cm³/mol. The zero-order valence-electron chi connectivity index (χ0n) is 10.9. The third-order valence-corrected chi connectivity index (χ3v) is 3.06. The zero-order chi connectivity index (χ0) is 14.0. The van der Waals surface area contributed by atoms with Crippen molar-refractivity contribution >= 4 is 11.6 Å². The van der Waals surface area contributed by atoms with Crippen LogP contribution in [0.2, 0.25) is 0 Å². The van der Waals surface area contributed by atoms with Crippen LogP contribution in [0.5, 0.6) is 0 Å². The third-order valence-electron chi connectivity index (χ3n) is 3.06.